The molecule has 1 fully saturated rings. The summed E-state index contributed by atoms with van der Waals surface area (Å²) in [5.41, 5.74) is 3.69. The maximum atomic E-state index is 11.3. The molecule has 1 aromatic carbocycles. The van der Waals surface area contributed by atoms with Crippen LogP contribution in [-0.4, -0.2) is 51.6 Å². The molecule has 5 heteroatoms. The van der Waals surface area contributed by atoms with E-state index in [1.54, 1.807) is 0 Å². The van der Waals surface area contributed by atoms with Crippen molar-refractivity contribution in [1.29, 1.82) is 0 Å². The van der Waals surface area contributed by atoms with Crippen molar-refractivity contribution in [3.05, 3.63) is 34.9 Å². The van der Waals surface area contributed by atoms with E-state index in [-0.39, 0.29) is 11.9 Å². The molecule has 0 amide bonds. The number of benzene rings is 1. The Labute approximate surface area is 121 Å². The molecule has 1 aliphatic heterocycles. The summed E-state index contributed by atoms with van der Waals surface area (Å²) in [6.45, 7) is 6.99. The van der Waals surface area contributed by atoms with Crippen LogP contribution in [0.4, 0.5) is 0 Å². The Kier molecular flexibility index (Phi) is 4.83. The number of rotatable bonds is 4. The second-order valence-corrected chi connectivity index (χ2v) is 7.91. The van der Waals surface area contributed by atoms with Crippen LogP contribution in [0.1, 0.15) is 22.8 Å². The lowest BCUT2D eigenvalue weighted by molar-refractivity contribution is -0.0282. The number of hydrogen-bond acceptors (Lipinski definition) is 4. The average molecular weight is 297 g/mol. The first-order valence-electron chi connectivity index (χ1n) is 6.94. The van der Waals surface area contributed by atoms with E-state index < -0.39 is 9.84 Å². The van der Waals surface area contributed by atoms with E-state index in [2.05, 4.69) is 36.9 Å². The predicted molar refractivity (Wildman–Crippen MR) is 80.8 cm³/mol. The zero-order valence-electron chi connectivity index (χ0n) is 12.4. The van der Waals surface area contributed by atoms with Gasteiger partial charge in [0.15, 0.2) is 0 Å². The molecule has 0 N–H and O–H groups in total. The van der Waals surface area contributed by atoms with Crippen molar-refractivity contribution in [1.82, 2.24) is 4.90 Å². The summed E-state index contributed by atoms with van der Waals surface area (Å²) in [5, 5.41) is 0. The fourth-order valence-corrected chi connectivity index (χ4v) is 3.17. The summed E-state index contributed by atoms with van der Waals surface area (Å²) in [4.78, 5) is 2.18. The van der Waals surface area contributed by atoms with Crippen LogP contribution in [0.3, 0.4) is 0 Å². The van der Waals surface area contributed by atoms with Gasteiger partial charge in [-0.2, -0.15) is 0 Å². The van der Waals surface area contributed by atoms with Crippen molar-refractivity contribution in [2.45, 2.75) is 20.0 Å². The van der Waals surface area contributed by atoms with Gasteiger partial charge in [-0.25, -0.2) is 8.42 Å². The first-order valence-corrected chi connectivity index (χ1v) is 9.00. The van der Waals surface area contributed by atoms with E-state index in [0.29, 0.717) is 13.2 Å². The fraction of sp³-hybridized carbons (Fsp3) is 0.600. The third-order valence-corrected chi connectivity index (χ3v) is 4.63. The summed E-state index contributed by atoms with van der Waals surface area (Å²) >= 11 is 0. The van der Waals surface area contributed by atoms with E-state index in [4.69, 9.17) is 4.74 Å². The van der Waals surface area contributed by atoms with Crippen LogP contribution in [-0.2, 0) is 14.6 Å². The van der Waals surface area contributed by atoms with E-state index in [9.17, 15) is 8.42 Å². The third kappa shape index (κ3) is 4.30. The third-order valence-electron chi connectivity index (χ3n) is 3.70. The van der Waals surface area contributed by atoms with Gasteiger partial charge < -0.3 is 4.74 Å². The second-order valence-electron chi connectivity index (χ2n) is 5.65. The first-order chi connectivity index (χ1) is 9.35. The van der Waals surface area contributed by atoms with Crippen LogP contribution >= 0.6 is 0 Å². The van der Waals surface area contributed by atoms with E-state index in [1.807, 2.05) is 0 Å². The molecular weight excluding hydrogens is 274 g/mol. The highest BCUT2D eigenvalue weighted by Crippen LogP contribution is 2.25. The molecule has 0 spiro atoms. The standard InChI is InChI=1S/C15H23NO3S/c1-12-4-5-14(13(2)10-12)15-11-16(6-8-19-15)7-9-20(3,17)18/h4-5,10,15H,6-9,11H2,1-3H3/t15-/m0/s1. The van der Waals surface area contributed by atoms with Crippen LogP contribution in [0, 0.1) is 13.8 Å². The quantitative estimate of drug-likeness (QED) is 0.849. The lowest BCUT2D eigenvalue weighted by Crippen LogP contribution is -2.40. The molecule has 4 nitrogen and oxygen atoms in total. The molecule has 1 heterocycles. The normalized spacial score (nSPS) is 21.1. The van der Waals surface area contributed by atoms with Crippen LogP contribution in [0.2, 0.25) is 0 Å². The molecule has 1 atom stereocenters. The maximum Gasteiger partial charge on any atom is 0.148 e. The summed E-state index contributed by atoms with van der Waals surface area (Å²) in [7, 11) is -2.90. The minimum absolute atomic E-state index is 0.0453. The van der Waals surface area contributed by atoms with Crippen molar-refractivity contribution in [3.8, 4) is 0 Å². The van der Waals surface area contributed by atoms with Gasteiger partial charge in [-0.1, -0.05) is 23.8 Å². The second kappa shape index (κ2) is 6.24. The van der Waals surface area contributed by atoms with Crippen molar-refractivity contribution < 1.29 is 13.2 Å². The van der Waals surface area contributed by atoms with Gasteiger partial charge in [0.25, 0.3) is 0 Å². The van der Waals surface area contributed by atoms with Crippen LogP contribution < -0.4 is 0 Å². The Morgan fingerprint density at radius 2 is 2.10 bits per heavy atom. The summed E-state index contributed by atoms with van der Waals surface area (Å²) in [5.74, 6) is 0.215. The largest absolute Gasteiger partial charge is 0.371 e. The van der Waals surface area contributed by atoms with Gasteiger partial charge in [-0.3, -0.25) is 4.90 Å². The molecule has 2 rings (SSSR count). The summed E-state index contributed by atoms with van der Waals surface area (Å²) < 4.78 is 28.4. The molecule has 20 heavy (non-hydrogen) atoms. The summed E-state index contributed by atoms with van der Waals surface area (Å²) in [6.07, 6.45) is 1.33. The highest BCUT2D eigenvalue weighted by Gasteiger charge is 2.23. The van der Waals surface area contributed by atoms with Crippen molar-refractivity contribution >= 4 is 9.84 Å². The highest BCUT2D eigenvalue weighted by atomic mass is 32.2. The molecule has 1 aliphatic rings. The van der Waals surface area contributed by atoms with Gasteiger partial charge in [0.2, 0.25) is 0 Å². The Morgan fingerprint density at radius 1 is 1.35 bits per heavy atom. The van der Waals surface area contributed by atoms with Crippen molar-refractivity contribution in [3.63, 3.8) is 0 Å². The first kappa shape index (κ1) is 15.5. The number of sulfone groups is 1. The number of hydrogen-bond donors (Lipinski definition) is 0. The molecule has 1 saturated heterocycles. The highest BCUT2D eigenvalue weighted by molar-refractivity contribution is 7.90. The molecule has 0 radical (unpaired) electrons. The number of morpholine rings is 1. The number of aryl methyl sites for hydroxylation is 2. The van der Waals surface area contributed by atoms with E-state index in [1.165, 1.54) is 22.9 Å². The van der Waals surface area contributed by atoms with Gasteiger partial charge in [0.05, 0.1) is 18.5 Å². The molecule has 0 aromatic heterocycles. The van der Waals surface area contributed by atoms with Crippen LogP contribution in [0.25, 0.3) is 0 Å². The van der Waals surface area contributed by atoms with Gasteiger partial charge in [-0.05, 0) is 25.0 Å². The molecule has 112 valence electrons. The Bertz CT molecular complexity index is 568. The van der Waals surface area contributed by atoms with Crippen LogP contribution in [0.5, 0.6) is 0 Å². The van der Waals surface area contributed by atoms with Gasteiger partial charge in [0, 0.05) is 25.9 Å². The van der Waals surface area contributed by atoms with Crippen LogP contribution in [0.15, 0.2) is 18.2 Å². The molecule has 0 saturated carbocycles. The Balaban J connectivity index is 2.03. The maximum absolute atomic E-state index is 11.3. The molecular formula is C15H23NO3S. The topological polar surface area (TPSA) is 46.6 Å². The lowest BCUT2D eigenvalue weighted by Gasteiger charge is -2.33. The van der Waals surface area contributed by atoms with Crippen molar-refractivity contribution in [2.24, 2.45) is 0 Å². The molecule has 0 bridgehead atoms. The molecule has 0 aliphatic carbocycles. The van der Waals surface area contributed by atoms with Crippen molar-refractivity contribution in [2.75, 3.05) is 38.2 Å². The zero-order valence-corrected chi connectivity index (χ0v) is 13.2. The fourth-order valence-electron chi connectivity index (χ4n) is 2.58. The van der Waals surface area contributed by atoms with E-state index >= 15 is 0 Å². The van der Waals surface area contributed by atoms with E-state index in [0.717, 1.165) is 13.1 Å². The minimum atomic E-state index is -2.90. The Hall–Kier alpha value is -0.910. The SMILES string of the molecule is Cc1ccc([C@@H]2CN(CCS(C)(=O)=O)CCO2)c(C)c1. The summed E-state index contributed by atoms with van der Waals surface area (Å²) in [6, 6.07) is 6.38. The molecule has 1 aromatic rings. The lowest BCUT2D eigenvalue weighted by atomic mass is 10.00. The van der Waals surface area contributed by atoms with Gasteiger partial charge in [0.1, 0.15) is 9.84 Å². The molecule has 0 unspecified atom stereocenters. The van der Waals surface area contributed by atoms with Gasteiger partial charge in [-0.15, -0.1) is 0 Å². The zero-order chi connectivity index (χ0) is 14.8. The number of nitrogens with zero attached hydrogens (tertiary/aromatic N) is 1. The van der Waals surface area contributed by atoms with Gasteiger partial charge >= 0.3 is 0 Å². The monoisotopic (exact) mass is 297 g/mol. The smallest absolute Gasteiger partial charge is 0.148 e. The predicted octanol–water partition coefficient (Wildman–Crippen LogP) is 1.72. The minimum Gasteiger partial charge on any atom is -0.371 e. The number of ether oxygens (including phenoxy) is 1. The average Bonchev–Trinajstić information content (AvgIpc) is 2.36. The Morgan fingerprint density at radius 3 is 2.75 bits per heavy atom.